The van der Waals surface area contributed by atoms with E-state index < -0.39 is 0 Å². The Hall–Kier alpha value is -2.22. The largest absolute Gasteiger partial charge is 0.504 e. The normalized spacial score (nSPS) is 12.2. The minimum absolute atomic E-state index is 0.0695. The Morgan fingerprint density at radius 3 is 1.35 bits per heavy atom. The van der Waals surface area contributed by atoms with Crippen LogP contribution in [-0.2, 0) is 0 Å². The molecule has 0 fully saturated rings. The second kappa shape index (κ2) is 5.41. The van der Waals surface area contributed by atoms with Crippen molar-refractivity contribution in [2.75, 3.05) is 0 Å². The van der Waals surface area contributed by atoms with Crippen LogP contribution in [0.25, 0.3) is 11.5 Å². The minimum Gasteiger partial charge on any atom is -0.504 e. The average molecular weight is 268 g/mol. The van der Waals surface area contributed by atoms with Crippen LogP contribution in [0.2, 0.25) is 0 Å². The molecule has 0 bridgehead atoms. The van der Waals surface area contributed by atoms with Gasteiger partial charge in [0, 0.05) is 11.1 Å². The summed E-state index contributed by atoms with van der Waals surface area (Å²) in [5.41, 5.74) is 5.30. The molecule has 0 aliphatic carbocycles. The molecule has 0 amide bonds. The molecule has 0 radical (unpaired) electrons. The lowest BCUT2D eigenvalue weighted by molar-refractivity contribution is 0.459. The van der Waals surface area contributed by atoms with Gasteiger partial charge in [-0.25, -0.2) is 0 Å². The number of benzene rings is 2. The summed E-state index contributed by atoms with van der Waals surface area (Å²) in [6.07, 6.45) is 0. The van der Waals surface area contributed by atoms with Crippen LogP contribution in [0.1, 0.15) is 33.4 Å². The first-order valence-electron chi connectivity index (χ1n) is 6.67. The zero-order chi connectivity index (χ0) is 14.9. The third-order valence-corrected chi connectivity index (χ3v) is 3.52. The summed E-state index contributed by atoms with van der Waals surface area (Å²) in [7, 11) is 0. The van der Waals surface area contributed by atoms with E-state index in [1.54, 1.807) is 0 Å². The fraction of sp³-hybridized carbons (Fsp3) is 0.222. The lowest BCUT2D eigenvalue weighted by Crippen LogP contribution is -1.97. The second-order valence-electron chi connectivity index (χ2n) is 5.33. The van der Waals surface area contributed by atoms with Gasteiger partial charge in [-0.15, -0.1) is 0 Å². The van der Waals surface area contributed by atoms with Crippen LogP contribution in [-0.4, -0.2) is 10.2 Å². The Morgan fingerprint density at radius 1 is 0.650 bits per heavy atom. The van der Waals surface area contributed by atoms with Crippen molar-refractivity contribution in [3.63, 3.8) is 0 Å². The fourth-order valence-electron chi connectivity index (χ4n) is 2.24. The Labute approximate surface area is 120 Å². The smallest absolute Gasteiger partial charge is 0.165 e. The third-order valence-electron chi connectivity index (χ3n) is 3.52. The summed E-state index contributed by atoms with van der Waals surface area (Å²) in [6, 6.07) is 11.6. The maximum absolute atomic E-state index is 10.4. The van der Waals surface area contributed by atoms with Crippen molar-refractivity contribution in [2.45, 2.75) is 27.7 Å². The molecule has 0 heterocycles. The van der Waals surface area contributed by atoms with Crippen molar-refractivity contribution in [2.24, 2.45) is 0 Å². The zero-order valence-corrected chi connectivity index (χ0v) is 12.4. The van der Waals surface area contributed by atoms with Crippen LogP contribution in [0.3, 0.4) is 0 Å². The predicted molar refractivity (Wildman–Crippen MR) is 83.9 cm³/mol. The van der Waals surface area contributed by atoms with Crippen molar-refractivity contribution in [3.05, 3.63) is 69.8 Å². The van der Waals surface area contributed by atoms with E-state index in [9.17, 15) is 10.2 Å². The molecular formula is C18H20O2. The van der Waals surface area contributed by atoms with Crippen molar-refractivity contribution >= 4 is 11.5 Å². The van der Waals surface area contributed by atoms with Crippen LogP contribution in [0.4, 0.5) is 0 Å². The predicted octanol–water partition coefficient (Wildman–Crippen LogP) is 4.86. The molecule has 2 N–H and O–H groups in total. The van der Waals surface area contributed by atoms with Gasteiger partial charge in [0.15, 0.2) is 11.5 Å². The lowest BCUT2D eigenvalue weighted by Gasteiger charge is -2.11. The Kier molecular flexibility index (Phi) is 3.84. The minimum atomic E-state index is -0.0695. The topological polar surface area (TPSA) is 40.5 Å². The molecule has 0 atom stereocenters. The number of aryl methyl sites for hydroxylation is 4. The molecule has 104 valence electrons. The fourth-order valence-corrected chi connectivity index (χ4v) is 2.24. The first-order chi connectivity index (χ1) is 9.40. The number of rotatable bonds is 2. The summed E-state index contributed by atoms with van der Waals surface area (Å²) in [5.74, 6) is -0.139. The van der Waals surface area contributed by atoms with Gasteiger partial charge >= 0.3 is 0 Å². The van der Waals surface area contributed by atoms with Gasteiger partial charge in [0.05, 0.1) is 0 Å². The van der Waals surface area contributed by atoms with E-state index in [1.165, 1.54) is 0 Å². The molecule has 2 nitrogen and oxygen atoms in total. The highest BCUT2D eigenvalue weighted by molar-refractivity contribution is 5.84. The van der Waals surface area contributed by atoms with Gasteiger partial charge in [-0.2, -0.15) is 0 Å². The van der Waals surface area contributed by atoms with E-state index in [2.05, 4.69) is 0 Å². The van der Waals surface area contributed by atoms with Crippen LogP contribution in [0.5, 0.6) is 0 Å². The first-order valence-corrected chi connectivity index (χ1v) is 6.67. The molecule has 2 heteroatoms. The number of aliphatic hydroxyl groups excluding tert-OH is 2. The quantitative estimate of drug-likeness (QED) is 0.603. The van der Waals surface area contributed by atoms with Crippen molar-refractivity contribution in [1.29, 1.82) is 0 Å². The highest BCUT2D eigenvalue weighted by Crippen LogP contribution is 2.27. The van der Waals surface area contributed by atoms with E-state index >= 15 is 0 Å². The average Bonchev–Trinajstić information content (AvgIpc) is 2.42. The summed E-state index contributed by atoms with van der Waals surface area (Å²) in [5, 5.41) is 20.8. The molecule has 2 aromatic rings. The SMILES string of the molecule is Cc1ccc(C)c(/C(O)=C(/O)c2cc(C)ccc2C)c1. The van der Waals surface area contributed by atoms with Crippen LogP contribution in [0, 0.1) is 27.7 Å². The third kappa shape index (κ3) is 2.69. The zero-order valence-electron chi connectivity index (χ0n) is 12.4. The van der Waals surface area contributed by atoms with Gasteiger partial charge in [0.2, 0.25) is 0 Å². The summed E-state index contributed by atoms with van der Waals surface area (Å²) in [4.78, 5) is 0. The molecule has 0 unspecified atom stereocenters. The highest BCUT2D eigenvalue weighted by atomic mass is 16.3. The van der Waals surface area contributed by atoms with E-state index in [0.29, 0.717) is 11.1 Å². The van der Waals surface area contributed by atoms with Crippen molar-refractivity contribution in [1.82, 2.24) is 0 Å². The second-order valence-corrected chi connectivity index (χ2v) is 5.33. The number of hydrogen-bond acceptors (Lipinski definition) is 2. The van der Waals surface area contributed by atoms with Gasteiger partial charge < -0.3 is 10.2 Å². The Balaban J connectivity index is 2.61. The summed E-state index contributed by atoms with van der Waals surface area (Å²) in [6.45, 7) is 7.76. The van der Waals surface area contributed by atoms with Gasteiger partial charge in [0.25, 0.3) is 0 Å². The van der Waals surface area contributed by atoms with Gasteiger partial charge in [-0.05, 0) is 51.0 Å². The molecule has 0 spiro atoms. The molecule has 0 aliphatic rings. The van der Waals surface area contributed by atoms with Gasteiger partial charge in [0.1, 0.15) is 0 Å². The summed E-state index contributed by atoms with van der Waals surface area (Å²) >= 11 is 0. The van der Waals surface area contributed by atoms with Crippen LogP contribution in [0.15, 0.2) is 36.4 Å². The standard InChI is InChI=1S/C18H20O2/c1-11-5-7-13(3)15(9-11)17(19)18(20)16-10-12(2)6-8-14(16)4/h5-10,19-20H,1-4H3/b18-17-. The summed E-state index contributed by atoms with van der Waals surface area (Å²) < 4.78 is 0. The molecule has 0 aliphatic heterocycles. The van der Waals surface area contributed by atoms with Crippen LogP contribution >= 0.6 is 0 Å². The van der Waals surface area contributed by atoms with Crippen molar-refractivity contribution in [3.8, 4) is 0 Å². The molecule has 2 aromatic carbocycles. The number of aliphatic hydroxyl groups is 2. The van der Waals surface area contributed by atoms with Crippen LogP contribution < -0.4 is 0 Å². The number of hydrogen-bond donors (Lipinski definition) is 2. The maximum Gasteiger partial charge on any atom is 0.165 e. The first kappa shape index (κ1) is 14.2. The van der Waals surface area contributed by atoms with Gasteiger partial charge in [-0.1, -0.05) is 35.4 Å². The van der Waals surface area contributed by atoms with E-state index in [0.717, 1.165) is 22.3 Å². The Morgan fingerprint density at radius 2 is 1.00 bits per heavy atom. The van der Waals surface area contributed by atoms with Crippen molar-refractivity contribution < 1.29 is 10.2 Å². The molecule has 2 rings (SSSR count). The monoisotopic (exact) mass is 268 g/mol. The molecular weight excluding hydrogens is 248 g/mol. The van der Waals surface area contributed by atoms with E-state index in [1.807, 2.05) is 64.1 Å². The maximum atomic E-state index is 10.4. The molecule has 0 saturated carbocycles. The molecule has 0 saturated heterocycles. The van der Waals surface area contributed by atoms with E-state index in [4.69, 9.17) is 0 Å². The lowest BCUT2D eigenvalue weighted by atomic mass is 9.99. The van der Waals surface area contributed by atoms with Gasteiger partial charge in [-0.3, -0.25) is 0 Å². The Bertz CT molecular complexity index is 622. The molecule has 0 aromatic heterocycles. The van der Waals surface area contributed by atoms with E-state index in [-0.39, 0.29) is 11.5 Å². The highest BCUT2D eigenvalue weighted by Gasteiger charge is 2.13. The molecule has 20 heavy (non-hydrogen) atoms.